The lowest BCUT2D eigenvalue weighted by atomic mass is 10.1. The second kappa shape index (κ2) is 11.6. The molecule has 1 aromatic carbocycles. The monoisotopic (exact) mass is 414 g/mol. The first kappa shape index (κ1) is 23.7. The van der Waals surface area contributed by atoms with E-state index in [1.165, 1.54) is 11.1 Å². The first-order valence-corrected chi connectivity index (χ1v) is 10.6. The Kier molecular flexibility index (Phi) is 9.17. The van der Waals surface area contributed by atoms with Gasteiger partial charge in [-0.3, -0.25) is 9.67 Å². The van der Waals surface area contributed by atoms with E-state index in [-0.39, 0.29) is 6.04 Å². The summed E-state index contributed by atoms with van der Waals surface area (Å²) in [4.78, 5) is 6.56. The molecule has 2 aromatic rings. The van der Waals surface area contributed by atoms with Gasteiger partial charge in [0, 0.05) is 44.5 Å². The molecule has 0 aliphatic heterocycles. The molecule has 0 amide bonds. The molecule has 0 bridgehead atoms. The zero-order chi connectivity index (χ0) is 22.1. The number of aryl methyl sites for hydroxylation is 2. The van der Waals surface area contributed by atoms with E-state index < -0.39 is 0 Å². The molecule has 0 spiro atoms. The number of aliphatic imine (C=N–C) groups is 1. The molecular weight excluding hydrogens is 376 g/mol. The van der Waals surface area contributed by atoms with Crippen LogP contribution in [0.1, 0.15) is 43.0 Å². The van der Waals surface area contributed by atoms with Crippen LogP contribution in [0.25, 0.3) is 0 Å². The number of benzene rings is 1. The van der Waals surface area contributed by atoms with E-state index in [4.69, 9.17) is 4.74 Å². The minimum atomic E-state index is 0.201. The van der Waals surface area contributed by atoms with Crippen molar-refractivity contribution in [2.45, 2.75) is 39.8 Å². The van der Waals surface area contributed by atoms with Crippen molar-refractivity contribution in [1.29, 1.82) is 0 Å². The van der Waals surface area contributed by atoms with Gasteiger partial charge >= 0.3 is 0 Å². The first-order valence-electron chi connectivity index (χ1n) is 10.6. The molecule has 2 rings (SSSR count). The van der Waals surface area contributed by atoms with Crippen molar-refractivity contribution in [2.75, 3.05) is 34.3 Å². The minimum absolute atomic E-state index is 0.201. The Morgan fingerprint density at radius 1 is 1.27 bits per heavy atom. The summed E-state index contributed by atoms with van der Waals surface area (Å²) in [6.45, 7) is 8.62. The van der Waals surface area contributed by atoms with E-state index in [2.05, 4.69) is 84.9 Å². The number of likely N-dealkylation sites (N-methyl/N-ethyl adjacent to an activating group) is 1. The largest absolute Gasteiger partial charge is 0.493 e. The molecule has 2 N–H and O–H groups in total. The van der Waals surface area contributed by atoms with E-state index in [1.54, 1.807) is 7.05 Å². The molecule has 166 valence electrons. The van der Waals surface area contributed by atoms with Gasteiger partial charge in [-0.25, -0.2) is 0 Å². The lowest BCUT2D eigenvalue weighted by Gasteiger charge is -2.24. The Morgan fingerprint density at radius 2 is 2.03 bits per heavy atom. The molecule has 0 aliphatic rings. The van der Waals surface area contributed by atoms with E-state index >= 15 is 0 Å². The number of ether oxygens (including phenoxy) is 1. The van der Waals surface area contributed by atoms with Gasteiger partial charge in [0.15, 0.2) is 5.96 Å². The summed E-state index contributed by atoms with van der Waals surface area (Å²) in [5.74, 6) is 2.34. The van der Waals surface area contributed by atoms with Crippen LogP contribution >= 0.6 is 0 Å². The van der Waals surface area contributed by atoms with Crippen molar-refractivity contribution >= 4 is 5.96 Å². The number of nitrogens with zero attached hydrogens (tertiary/aromatic N) is 4. The van der Waals surface area contributed by atoms with Crippen molar-refractivity contribution in [3.8, 4) is 5.75 Å². The topological polar surface area (TPSA) is 66.7 Å². The van der Waals surface area contributed by atoms with Gasteiger partial charge in [0.25, 0.3) is 0 Å². The van der Waals surface area contributed by atoms with E-state index in [1.807, 2.05) is 17.9 Å². The quantitative estimate of drug-likeness (QED) is 0.462. The third kappa shape index (κ3) is 7.37. The van der Waals surface area contributed by atoms with Crippen molar-refractivity contribution in [2.24, 2.45) is 18.0 Å². The number of hydrogen-bond donors (Lipinski definition) is 2. The summed E-state index contributed by atoms with van der Waals surface area (Å²) in [6.07, 6.45) is 5.01. The van der Waals surface area contributed by atoms with Gasteiger partial charge in [0.1, 0.15) is 5.75 Å². The van der Waals surface area contributed by atoms with E-state index in [0.717, 1.165) is 36.8 Å². The Morgan fingerprint density at radius 3 is 2.63 bits per heavy atom. The summed E-state index contributed by atoms with van der Waals surface area (Å²) in [5, 5.41) is 11.2. The van der Waals surface area contributed by atoms with Crippen molar-refractivity contribution < 1.29 is 4.74 Å². The zero-order valence-corrected chi connectivity index (χ0v) is 19.6. The SMILES string of the molecule is CN=C(NCc1ccc(C)cc1OCCC(C)C)NCC(c1cnn(C)c1)N(C)C. The number of rotatable bonds is 10. The van der Waals surface area contributed by atoms with E-state index in [9.17, 15) is 0 Å². The fourth-order valence-electron chi connectivity index (χ4n) is 3.15. The lowest BCUT2D eigenvalue weighted by Crippen LogP contribution is -2.41. The number of nitrogens with one attached hydrogen (secondary N) is 2. The summed E-state index contributed by atoms with van der Waals surface area (Å²) in [6, 6.07) is 6.55. The van der Waals surface area contributed by atoms with Crippen LogP contribution in [0.5, 0.6) is 5.75 Å². The molecular formula is C23H38N6O. The molecule has 7 heteroatoms. The highest BCUT2D eigenvalue weighted by atomic mass is 16.5. The molecule has 0 aliphatic carbocycles. The number of aromatic nitrogens is 2. The van der Waals surface area contributed by atoms with Crippen LogP contribution in [-0.4, -0.2) is 54.9 Å². The molecule has 1 unspecified atom stereocenters. The zero-order valence-electron chi connectivity index (χ0n) is 19.6. The van der Waals surface area contributed by atoms with Gasteiger partial charge in [0.2, 0.25) is 0 Å². The van der Waals surface area contributed by atoms with Crippen LogP contribution in [-0.2, 0) is 13.6 Å². The van der Waals surface area contributed by atoms with Crippen LogP contribution in [0.15, 0.2) is 35.6 Å². The third-order valence-corrected chi connectivity index (χ3v) is 5.04. The average Bonchev–Trinajstić information content (AvgIpc) is 3.11. The summed E-state index contributed by atoms with van der Waals surface area (Å²) >= 11 is 0. The lowest BCUT2D eigenvalue weighted by molar-refractivity contribution is 0.286. The summed E-state index contributed by atoms with van der Waals surface area (Å²) in [5.41, 5.74) is 3.50. The average molecular weight is 415 g/mol. The fourth-order valence-corrected chi connectivity index (χ4v) is 3.15. The molecule has 7 nitrogen and oxygen atoms in total. The molecule has 0 saturated carbocycles. The standard InChI is InChI=1S/C23H38N6O/c1-17(2)10-11-30-22-12-18(3)8-9-19(22)13-25-23(24-4)26-15-21(28(5)6)20-14-27-29(7)16-20/h8-9,12,14,16-17,21H,10-11,13,15H2,1-7H3,(H2,24,25,26). The van der Waals surface area contributed by atoms with Gasteiger partial charge in [-0.2, -0.15) is 5.10 Å². The normalized spacial score (nSPS) is 13.0. The molecule has 0 radical (unpaired) electrons. The molecule has 1 heterocycles. The predicted molar refractivity (Wildman–Crippen MR) is 124 cm³/mol. The fraction of sp³-hybridized carbons (Fsp3) is 0.565. The van der Waals surface area contributed by atoms with Crippen molar-refractivity contribution in [1.82, 2.24) is 25.3 Å². The first-order chi connectivity index (χ1) is 14.3. The Hall–Kier alpha value is -2.54. The third-order valence-electron chi connectivity index (χ3n) is 5.04. The van der Waals surface area contributed by atoms with Crippen LogP contribution in [0.2, 0.25) is 0 Å². The van der Waals surface area contributed by atoms with Gasteiger partial charge in [-0.1, -0.05) is 26.0 Å². The van der Waals surface area contributed by atoms with Gasteiger partial charge in [-0.15, -0.1) is 0 Å². The molecule has 0 saturated heterocycles. The molecule has 30 heavy (non-hydrogen) atoms. The van der Waals surface area contributed by atoms with Crippen LogP contribution in [0, 0.1) is 12.8 Å². The maximum atomic E-state index is 6.07. The second-order valence-electron chi connectivity index (χ2n) is 8.38. The van der Waals surface area contributed by atoms with Gasteiger partial charge in [-0.05, 0) is 45.0 Å². The Bertz CT molecular complexity index is 812. The van der Waals surface area contributed by atoms with Crippen molar-refractivity contribution in [3.63, 3.8) is 0 Å². The Labute approximate surface area is 181 Å². The Balaban J connectivity index is 1.96. The highest BCUT2D eigenvalue weighted by Gasteiger charge is 2.16. The van der Waals surface area contributed by atoms with E-state index in [0.29, 0.717) is 12.5 Å². The predicted octanol–water partition coefficient (Wildman–Crippen LogP) is 3.12. The van der Waals surface area contributed by atoms with Crippen molar-refractivity contribution in [3.05, 3.63) is 47.3 Å². The maximum Gasteiger partial charge on any atom is 0.191 e. The minimum Gasteiger partial charge on any atom is -0.493 e. The highest BCUT2D eigenvalue weighted by molar-refractivity contribution is 5.79. The maximum absolute atomic E-state index is 6.07. The highest BCUT2D eigenvalue weighted by Crippen LogP contribution is 2.21. The van der Waals surface area contributed by atoms with Crippen LogP contribution in [0.3, 0.4) is 0 Å². The van der Waals surface area contributed by atoms with Crippen LogP contribution < -0.4 is 15.4 Å². The van der Waals surface area contributed by atoms with Gasteiger partial charge in [0.05, 0.1) is 18.8 Å². The molecule has 1 aromatic heterocycles. The molecule has 0 fully saturated rings. The number of hydrogen-bond acceptors (Lipinski definition) is 4. The molecule has 1 atom stereocenters. The van der Waals surface area contributed by atoms with Crippen LogP contribution in [0.4, 0.5) is 0 Å². The second-order valence-corrected chi connectivity index (χ2v) is 8.38. The summed E-state index contributed by atoms with van der Waals surface area (Å²) in [7, 11) is 7.87. The summed E-state index contributed by atoms with van der Waals surface area (Å²) < 4.78 is 7.90. The smallest absolute Gasteiger partial charge is 0.191 e. The van der Waals surface area contributed by atoms with Gasteiger partial charge < -0.3 is 20.3 Å². The number of guanidine groups is 1.